The molecule has 0 amide bonds. The van der Waals surface area contributed by atoms with E-state index in [1.807, 2.05) is 18.3 Å². The molecule has 0 saturated heterocycles. The van der Waals surface area contributed by atoms with E-state index in [4.69, 9.17) is 5.73 Å². The van der Waals surface area contributed by atoms with Gasteiger partial charge in [-0.25, -0.2) is 0 Å². The average molecular weight is 212 g/mol. The highest BCUT2D eigenvalue weighted by Gasteiger charge is 1.96. The predicted molar refractivity (Wildman–Crippen MR) is 67.2 cm³/mol. The summed E-state index contributed by atoms with van der Waals surface area (Å²) in [5, 5.41) is 0. The largest absolute Gasteiger partial charge is 0.399 e. The second-order valence-corrected chi connectivity index (χ2v) is 4.07. The standard InChI is InChI=1S/C14H16N2/c1-11-2-8-14(16-10-11)9-5-12-3-6-13(15)7-4-12/h2-4,6-8,10H,5,9,15H2,1H3. The lowest BCUT2D eigenvalue weighted by molar-refractivity contribution is 0.911. The van der Waals surface area contributed by atoms with Gasteiger partial charge < -0.3 is 5.73 Å². The molecular weight excluding hydrogens is 196 g/mol. The van der Waals surface area contributed by atoms with Crippen molar-refractivity contribution in [2.24, 2.45) is 0 Å². The predicted octanol–water partition coefficient (Wildman–Crippen LogP) is 2.76. The van der Waals surface area contributed by atoms with Crippen LogP contribution in [0, 0.1) is 6.92 Å². The first-order chi connectivity index (χ1) is 7.74. The van der Waals surface area contributed by atoms with Crippen molar-refractivity contribution in [3.05, 3.63) is 59.4 Å². The number of nitrogens with two attached hydrogens (primary N) is 1. The molecule has 0 fully saturated rings. The summed E-state index contributed by atoms with van der Waals surface area (Å²) in [7, 11) is 0. The Bertz CT molecular complexity index is 398. The van der Waals surface area contributed by atoms with Crippen LogP contribution in [0.3, 0.4) is 0 Å². The van der Waals surface area contributed by atoms with Gasteiger partial charge in [0.15, 0.2) is 0 Å². The van der Waals surface area contributed by atoms with Crippen LogP contribution >= 0.6 is 0 Å². The molecule has 0 radical (unpaired) electrons. The minimum Gasteiger partial charge on any atom is -0.399 e. The van der Waals surface area contributed by atoms with E-state index in [2.05, 4.69) is 36.2 Å². The van der Waals surface area contributed by atoms with E-state index in [-0.39, 0.29) is 0 Å². The molecule has 2 heteroatoms. The molecule has 2 N–H and O–H groups in total. The lowest BCUT2D eigenvalue weighted by atomic mass is 10.1. The van der Waals surface area contributed by atoms with Crippen molar-refractivity contribution in [2.45, 2.75) is 19.8 Å². The van der Waals surface area contributed by atoms with Crippen molar-refractivity contribution in [1.82, 2.24) is 4.98 Å². The molecule has 2 rings (SSSR count). The summed E-state index contributed by atoms with van der Waals surface area (Å²) >= 11 is 0. The lowest BCUT2D eigenvalue weighted by Gasteiger charge is -2.02. The van der Waals surface area contributed by atoms with Crippen molar-refractivity contribution in [1.29, 1.82) is 0 Å². The Balaban J connectivity index is 1.97. The van der Waals surface area contributed by atoms with Crippen LogP contribution in [0.2, 0.25) is 0 Å². The van der Waals surface area contributed by atoms with E-state index in [0.29, 0.717) is 0 Å². The Kier molecular flexibility index (Phi) is 3.20. The van der Waals surface area contributed by atoms with Gasteiger partial charge in [0.05, 0.1) is 0 Å². The summed E-state index contributed by atoms with van der Waals surface area (Å²) in [6, 6.07) is 12.2. The van der Waals surface area contributed by atoms with Gasteiger partial charge in [-0.15, -0.1) is 0 Å². The van der Waals surface area contributed by atoms with Gasteiger partial charge in [-0.05, 0) is 49.1 Å². The molecule has 82 valence electrons. The summed E-state index contributed by atoms with van der Waals surface area (Å²) in [5.41, 5.74) is 10.1. The summed E-state index contributed by atoms with van der Waals surface area (Å²) in [6.07, 6.45) is 3.90. The van der Waals surface area contributed by atoms with Gasteiger partial charge in [-0.2, -0.15) is 0 Å². The van der Waals surface area contributed by atoms with Gasteiger partial charge in [-0.3, -0.25) is 4.98 Å². The van der Waals surface area contributed by atoms with E-state index < -0.39 is 0 Å². The number of nitrogens with zero attached hydrogens (tertiary/aromatic N) is 1. The molecule has 0 bridgehead atoms. The fraction of sp³-hybridized carbons (Fsp3) is 0.214. The maximum absolute atomic E-state index is 5.64. The van der Waals surface area contributed by atoms with Crippen molar-refractivity contribution in [2.75, 3.05) is 5.73 Å². The fourth-order valence-electron chi connectivity index (χ4n) is 1.60. The average Bonchev–Trinajstić information content (AvgIpc) is 2.30. The number of anilines is 1. The highest BCUT2D eigenvalue weighted by Crippen LogP contribution is 2.09. The SMILES string of the molecule is Cc1ccc(CCc2ccc(N)cc2)nc1. The Hall–Kier alpha value is -1.83. The zero-order valence-electron chi connectivity index (χ0n) is 9.48. The minimum atomic E-state index is 0.817. The second-order valence-electron chi connectivity index (χ2n) is 4.07. The molecule has 0 unspecified atom stereocenters. The number of hydrogen-bond donors (Lipinski definition) is 1. The lowest BCUT2D eigenvalue weighted by Crippen LogP contribution is -1.95. The first-order valence-corrected chi connectivity index (χ1v) is 5.50. The van der Waals surface area contributed by atoms with E-state index in [0.717, 1.165) is 24.2 Å². The third kappa shape index (κ3) is 2.83. The van der Waals surface area contributed by atoms with Gasteiger partial charge in [0, 0.05) is 17.6 Å². The van der Waals surface area contributed by atoms with Crippen molar-refractivity contribution in [3.8, 4) is 0 Å². The first-order valence-electron chi connectivity index (χ1n) is 5.50. The van der Waals surface area contributed by atoms with Crippen LogP contribution in [-0.4, -0.2) is 4.98 Å². The Morgan fingerprint density at radius 2 is 1.75 bits per heavy atom. The van der Waals surface area contributed by atoms with Gasteiger partial charge in [-0.1, -0.05) is 18.2 Å². The Morgan fingerprint density at radius 1 is 1.00 bits per heavy atom. The van der Waals surface area contributed by atoms with Crippen LogP contribution < -0.4 is 5.73 Å². The third-order valence-corrected chi connectivity index (χ3v) is 2.62. The van der Waals surface area contributed by atoms with Crippen LogP contribution in [0.25, 0.3) is 0 Å². The molecular formula is C14H16N2. The second kappa shape index (κ2) is 4.79. The molecule has 1 heterocycles. The maximum atomic E-state index is 5.64. The molecule has 0 atom stereocenters. The van der Waals surface area contributed by atoms with Gasteiger partial charge in [0.2, 0.25) is 0 Å². The Morgan fingerprint density at radius 3 is 2.38 bits per heavy atom. The van der Waals surface area contributed by atoms with E-state index in [1.54, 1.807) is 0 Å². The highest BCUT2D eigenvalue weighted by atomic mass is 14.7. The molecule has 2 aromatic rings. The zero-order valence-corrected chi connectivity index (χ0v) is 9.48. The highest BCUT2D eigenvalue weighted by molar-refractivity contribution is 5.39. The van der Waals surface area contributed by atoms with Gasteiger partial charge in [0.1, 0.15) is 0 Å². The first kappa shape index (κ1) is 10.7. The van der Waals surface area contributed by atoms with Gasteiger partial charge in [0.25, 0.3) is 0 Å². The number of pyridine rings is 1. The Labute approximate surface area is 96.1 Å². The summed E-state index contributed by atoms with van der Waals surface area (Å²) < 4.78 is 0. The van der Waals surface area contributed by atoms with E-state index >= 15 is 0 Å². The normalized spacial score (nSPS) is 10.3. The van der Waals surface area contributed by atoms with Crippen LogP contribution in [0.4, 0.5) is 5.69 Å². The molecule has 0 saturated carbocycles. The molecule has 1 aromatic carbocycles. The smallest absolute Gasteiger partial charge is 0.0407 e. The molecule has 1 aromatic heterocycles. The number of aryl methyl sites for hydroxylation is 3. The van der Waals surface area contributed by atoms with Crippen molar-refractivity contribution in [3.63, 3.8) is 0 Å². The van der Waals surface area contributed by atoms with Crippen molar-refractivity contribution >= 4 is 5.69 Å². The van der Waals surface area contributed by atoms with Crippen LogP contribution in [-0.2, 0) is 12.8 Å². The number of nitrogen functional groups attached to an aromatic ring is 1. The number of rotatable bonds is 3. The van der Waals surface area contributed by atoms with Gasteiger partial charge >= 0.3 is 0 Å². The summed E-state index contributed by atoms with van der Waals surface area (Å²) in [5.74, 6) is 0. The van der Waals surface area contributed by atoms with Crippen LogP contribution in [0.1, 0.15) is 16.8 Å². The number of benzene rings is 1. The minimum absolute atomic E-state index is 0.817. The molecule has 0 aliphatic carbocycles. The van der Waals surface area contributed by atoms with E-state index in [9.17, 15) is 0 Å². The number of aromatic nitrogens is 1. The van der Waals surface area contributed by atoms with Crippen molar-refractivity contribution < 1.29 is 0 Å². The summed E-state index contributed by atoms with van der Waals surface area (Å²) in [4.78, 5) is 4.39. The maximum Gasteiger partial charge on any atom is 0.0407 e. The quantitative estimate of drug-likeness (QED) is 0.794. The fourth-order valence-corrected chi connectivity index (χ4v) is 1.60. The van der Waals surface area contributed by atoms with Crippen LogP contribution in [0.5, 0.6) is 0 Å². The van der Waals surface area contributed by atoms with E-state index in [1.165, 1.54) is 11.1 Å². The molecule has 16 heavy (non-hydrogen) atoms. The summed E-state index contributed by atoms with van der Waals surface area (Å²) in [6.45, 7) is 2.05. The number of hydrogen-bond acceptors (Lipinski definition) is 2. The molecule has 2 nitrogen and oxygen atoms in total. The van der Waals surface area contributed by atoms with Crippen LogP contribution in [0.15, 0.2) is 42.6 Å². The molecule has 0 spiro atoms. The molecule has 0 aliphatic rings. The zero-order chi connectivity index (χ0) is 11.4. The monoisotopic (exact) mass is 212 g/mol. The third-order valence-electron chi connectivity index (χ3n) is 2.62. The molecule has 0 aliphatic heterocycles. The topological polar surface area (TPSA) is 38.9 Å².